The molecule has 7 rings (SSSR count). The number of aliphatic hydroxyl groups is 4. The third-order valence-corrected chi connectivity index (χ3v) is 11.6. The van der Waals surface area contributed by atoms with Crippen LogP contribution in [0.1, 0.15) is 90.9 Å². The quantitative estimate of drug-likeness (QED) is 0.102. The number of hydrogen-bond donors (Lipinski definition) is 4. The molecule has 5 atom stereocenters. The molecule has 1 saturated carbocycles. The molecular formula is C45H53NO5. The number of nitrogens with zero attached hydrogens (tertiary/aromatic N) is 1. The number of carbonyl (C=O) groups excluding carboxylic acids is 1. The van der Waals surface area contributed by atoms with Gasteiger partial charge in [0.2, 0.25) is 0 Å². The lowest BCUT2D eigenvalue weighted by molar-refractivity contribution is -0.0907. The van der Waals surface area contributed by atoms with E-state index in [4.69, 9.17) is 0 Å². The lowest BCUT2D eigenvalue weighted by atomic mass is 9.64. The SMILES string of the molecule is CC1=CCCC2(C)C(CCC2(O)CN(Cc2ccccc2)CC(O)CO)c2ccc(cc2C(=O)c2ccc(-c3ccccc3)cc2)CC(O)CC1. The highest BCUT2D eigenvalue weighted by Crippen LogP contribution is 2.59. The fourth-order valence-electron chi connectivity index (χ4n) is 8.55. The summed E-state index contributed by atoms with van der Waals surface area (Å²) >= 11 is 0. The molecule has 0 heterocycles. The first-order chi connectivity index (χ1) is 24.6. The molecule has 0 saturated heterocycles. The van der Waals surface area contributed by atoms with Crippen LogP contribution in [0.5, 0.6) is 0 Å². The zero-order valence-corrected chi connectivity index (χ0v) is 30.0. The van der Waals surface area contributed by atoms with Crippen molar-refractivity contribution in [3.05, 3.63) is 143 Å². The van der Waals surface area contributed by atoms with Gasteiger partial charge >= 0.3 is 0 Å². The highest BCUT2D eigenvalue weighted by molar-refractivity contribution is 6.10. The van der Waals surface area contributed by atoms with Crippen LogP contribution >= 0.6 is 0 Å². The maximum absolute atomic E-state index is 14.6. The van der Waals surface area contributed by atoms with Crippen LogP contribution in [0.25, 0.3) is 11.1 Å². The van der Waals surface area contributed by atoms with Crippen molar-refractivity contribution in [2.75, 3.05) is 19.7 Å². The van der Waals surface area contributed by atoms with Crippen LogP contribution in [0.2, 0.25) is 0 Å². The highest BCUT2D eigenvalue weighted by Gasteiger charge is 2.57. The van der Waals surface area contributed by atoms with E-state index in [1.165, 1.54) is 5.57 Å². The van der Waals surface area contributed by atoms with Crippen molar-refractivity contribution >= 4 is 5.78 Å². The largest absolute Gasteiger partial charge is 0.394 e. The number of ketones is 1. The summed E-state index contributed by atoms with van der Waals surface area (Å²) in [6.07, 6.45) is 5.40. The smallest absolute Gasteiger partial charge is 0.193 e. The minimum absolute atomic E-state index is 0.0571. The lowest BCUT2D eigenvalue weighted by Crippen LogP contribution is -2.53. The van der Waals surface area contributed by atoms with E-state index in [9.17, 15) is 25.2 Å². The van der Waals surface area contributed by atoms with E-state index >= 15 is 0 Å². The van der Waals surface area contributed by atoms with Crippen molar-refractivity contribution in [3.63, 3.8) is 0 Å². The molecule has 2 bridgehead atoms. The van der Waals surface area contributed by atoms with Crippen LogP contribution in [-0.4, -0.2) is 68.6 Å². The first-order valence-electron chi connectivity index (χ1n) is 18.5. The van der Waals surface area contributed by atoms with E-state index in [1.807, 2.05) is 78.9 Å². The third-order valence-electron chi connectivity index (χ3n) is 11.6. The molecule has 5 unspecified atom stereocenters. The molecule has 0 aliphatic heterocycles. The summed E-state index contributed by atoms with van der Waals surface area (Å²) in [5.74, 6) is -0.166. The Balaban J connectivity index is 1.40. The summed E-state index contributed by atoms with van der Waals surface area (Å²) in [6, 6.07) is 34.1. The van der Waals surface area contributed by atoms with Crippen LogP contribution in [0.4, 0.5) is 0 Å². The van der Waals surface area contributed by atoms with Gasteiger partial charge in [0.25, 0.3) is 0 Å². The summed E-state index contributed by atoms with van der Waals surface area (Å²) in [5, 5.41) is 44.3. The Labute approximate surface area is 303 Å². The summed E-state index contributed by atoms with van der Waals surface area (Å²) in [7, 11) is 0. The van der Waals surface area contributed by atoms with Gasteiger partial charge in [0.1, 0.15) is 0 Å². The van der Waals surface area contributed by atoms with E-state index in [1.54, 1.807) is 0 Å². The molecule has 0 spiro atoms. The van der Waals surface area contributed by atoms with Crippen molar-refractivity contribution in [3.8, 4) is 11.1 Å². The molecule has 4 aromatic rings. The molecule has 0 aromatic heterocycles. The molecular weight excluding hydrogens is 634 g/mol. The van der Waals surface area contributed by atoms with Crippen LogP contribution in [-0.2, 0) is 13.0 Å². The Morgan fingerprint density at radius 1 is 0.902 bits per heavy atom. The van der Waals surface area contributed by atoms with Crippen molar-refractivity contribution in [2.45, 2.75) is 89.1 Å². The van der Waals surface area contributed by atoms with Gasteiger partial charge in [-0.1, -0.05) is 116 Å². The van der Waals surface area contributed by atoms with Gasteiger partial charge in [-0.05, 0) is 91.7 Å². The van der Waals surface area contributed by atoms with Crippen molar-refractivity contribution in [2.24, 2.45) is 5.41 Å². The van der Waals surface area contributed by atoms with Crippen molar-refractivity contribution in [1.29, 1.82) is 0 Å². The Morgan fingerprint density at radius 2 is 1.59 bits per heavy atom. The molecule has 0 radical (unpaired) electrons. The average molecular weight is 688 g/mol. The van der Waals surface area contributed by atoms with Crippen molar-refractivity contribution < 1.29 is 25.2 Å². The predicted molar refractivity (Wildman–Crippen MR) is 204 cm³/mol. The number of aliphatic hydroxyl groups excluding tert-OH is 3. The van der Waals surface area contributed by atoms with Gasteiger partial charge in [-0.25, -0.2) is 0 Å². The fraction of sp³-hybridized carbons (Fsp3) is 0.400. The predicted octanol–water partition coefficient (Wildman–Crippen LogP) is 7.48. The van der Waals surface area contributed by atoms with Crippen LogP contribution in [0.3, 0.4) is 0 Å². The van der Waals surface area contributed by atoms with E-state index in [2.05, 4.69) is 49.1 Å². The van der Waals surface area contributed by atoms with E-state index < -0.39 is 23.2 Å². The summed E-state index contributed by atoms with van der Waals surface area (Å²) in [5.41, 5.74) is 5.79. The third kappa shape index (κ3) is 8.43. The molecule has 1 fully saturated rings. The van der Waals surface area contributed by atoms with Crippen LogP contribution in [0, 0.1) is 5.41 Å². The lowest BCUT2D eigenvalue weighted by Gasteiger charge is -2.46. The molecule has 51 heavy (non-hydrogen) atoms. The van der Waals surface area contributed by atoms with Gasteiger partial charge in [0, 0.05) is 36.2 Å². The van der Waals surface area contributed by atoms with Gasteiger partial charge in [0.05, 0.1) is 24.4 Å². The first kappa shape index (κ1) is 36.9. The maximum Gasteiger partial charge on any atom is 0.193 e. The average Bonchev–Trinajstić information content (AvgIpc) is 3.39. The molecule has 3 aliphatic rings. The standard InChI is InChI=1S/C45H53NO5/c1-32-10-9-24-44(2)42(23-25-45(44,51)31-46(29-39(49)30-47)28-33-11-5-3-6-12-33)40-22-16-34(26-38(48)21-15-32)27-41(40)43(50)37-19-17-36(18-20-37)35-13-7-4-8-14-35/h3-8,10-14,16-20,22,27,38-39,42,47-49,51H,9,15,21,23-26,28-31H2,1-2H3. The Hall–Kier alpha value is -3.91. The molecule has 4 aromatic carbocycles. The Morgan fingerprint density at radius 3 is 2.29 bits per heavy atom. The maximum atomic E-state index is 14.6. The first-order valence-corrected chi connectivity index (χ1v) is 18.5. The van der Waals surface area contributed by atoms with Crippen molar-refractivity contribution in [1.82, 2.24) is 4.90 Å². The Kier molecular flexibility index (Phi) is 11.7. The van der Waals surface area contributed by atoms with E-state index in [0.29, 0.717) is 56.3 Å². The van der Waals surface area contributed by atoms with Gasteiger partial charge < -0.3 is 20.4 Å². The highest BCUT2D eigenvalue weighted by atomic mass is 16.3. The topological polar surface area (TPSA) is 101 Å². The van der Waals surface area contributed by atoms with Gasteiger partial charge in [0.15, 0.2) is 5.78 Å². The second-order valence-corrected chi connectivity index (χ2v) is 15.2. The monoisotopic (exact) mass is 687 g/mol. The van der Waals surface area contributed by atoms with E-state index in [0.717, 1.165) is 40.7 Å². The van der Waals surface area contributed by atoms with Gasteiger partial charge in [-0.3, -0.25) is 9.69 Å². The van der Waals surface area contributed by atoms with Gasteiger partial charge in [-0.2, -0.15) is 0 Å². The summed E-state index contributed by atoms with van der Waals surface area (Å²) < 4.78 is 0. The number of allylic oxidation sites excluding steroid dienone is 2. The number of hydrogen-bond acceptors (Lipinski definition) is 6. The molecule has 4 N–H and O–H groups in total. The molecule has 6 heteroatoms. The summed E-state index contributed by atoms with van der Waals surface area (Å²) in [6.45, 7) is 5.02. The number of carbonyl (C=O) groups is 1. The van der Waals surface area contributed by atoms with Crippen LogP contribution < -0.4 is 0 Å². The second-order valence-electron chi connectivity index (χ2n) is 15.2. The molecule has 268 valence electrons. The number of rotatable bonds is 10. The zero-order chi connectivity index (χ0) is 36.0. The van der Waals surface area contributed by atoms with Crippen LogP contribution in [0.15, 0.2) is 115 Å². The van der Waals surface area contributed by atoms with E-state index in [-0.39, 0.29) is 24.9 Å². The second kappa shape index (κ2) is 16.2. The number of benzene rings is 4. The normalized spacial score (nSPS) is 24.5. The summed E-state index contributed by atoms with van der Waals surface area (Å²) in [4.78, 5) is 16.6. The Bertz CT molecular complexity index is 1790. The molecule has 0 amide bonds. The minimum atomic E-state index is -1.13. The zero-order valence-electron chi connectivity index (χ0n) is 30.0. The fourth-order valence-corrected chi connectivity index (χ4v) is 8.55. The van der Waals surface area contributed by atoms with Gasteiger partial charge in [-0.15, -0.1) is 0 Å². The minimum Gasteiger partial charge on any atom is -0.394 e. The number of fused-ring (bicyclic) bond motifs is 8. The molecule has 6 nitrogen and oxygen atoms in total. The molecule has 3 aliphatic carbocycles.